The van der Waals surface area contributed by atoms with Gasteiger partial charge in [-0.15, -0.1) is 0 Å². The fourth-order valence-electron chi connectivity index (χ4n) is 4.71. The standard InChI is InChI=1S/C31H32N4O3/c1-2-3-4-29(37-26-13-9-22(10-14-26)30-32-15-16-33-30)36-25-11-7-21(8-12-25)27-19-23-5-6-24(20-28(23)38-27)31-34-17-18-35-31/h5-14,19-20,29H,2-4,15-18H2,1H3,(H,32,33)(H,34,35). The number of amidine groups is 2. The number of rotatable bonds is 10. The van der Waals surface area contributed by atoms with Crippen molar-refractivity contribution in [1.82, 2.24) is 10.6 Å². The normalized spacial score (nSPS) is 15.5. The Balaban J connectivity index is 1.14. The molecule has 4 aromatic rings. The first-order valence-corrected chi connectivity index (χ1v) is 13.4. The Morgan fingerprint density at radius 3 is 1.97 bits per heavy atom. The molecule has 2 aliphatic rings. The molecule has 1 aromatic heterocycles. The summed E-state index contributed by atoms with van der Waals surface area (Å²) in [5.74, 6) is 4.25. The second kappa shape index (κ2) is 11.0. The Bertz CT molecular complexity index is 1460. The van der Waals surface area contributed by atoms with Crippen molar-refractivity contribution in [3.05, 3.63) is 83.9 Å². The molecule has 2 N–H and O–H groups in total. The average Bonchev–Trinajstić information content (AvgIpc) is 3.74. The van der Waals surface area contributed by atoms with Gasteiger partial charge in [-0.05, 0) is 67.1 Å². The highest BCUT2D eigenvalue weighted by atomic mass is 16.7. The van der Waals surface area contributed by atoms with E-state index in [4.69, 9.17) is 13.9 Å². The molecule has 38 heavy (non-hydrogen) atoms. The quantitative estimate of drug-likeness (QED) is 0.266. The van der Waals surface area contributed by atoms with Gasteiger partial charge in [0.05, 0.1) is 13.1 Å². The van der Waals surface area contributed by atoms with Crippen molar-refractivity contribution < 1.29 is 13.9 Å². The van der Waals surface area contributed by atoms with E-state index in [1.807, 2.05) is 54.6 Å². The summed E-state index contributed by atoms with van der Waals surface area (Å²) in [6.45, 7) is 5.59. The highest BCUT2D eigenvalue weighted by Crippen LogP contribution is 2.30. The van der Waals surface area contributed by atoms with Gasteiger partial charge in [0, 0.05) is 41.6 Å². The third kappa shape index (κ3) is 5.37. The molecule has 2 aliphatic heterocycles. The number of nitrogens with zero attached hydrogens (tertiary/aromatic N) is 2. The fourth-order valence-corrected chi connectivity index (χ4v) is 4.71. The van der Waals surface area contributed by atoms with Crippen LogP contribution in [0.3, 0.4) is 0 Å². The van der Waals surface area contributed by atoms with Crippen LogP contribution in [0.2, 0.25) is 0 Å². The Hall–Kier alpha value is -4.26. The predicted octanol–water partition coefficient (Wildman–Crippen LogP) is 5.77. The monoisotopic (exact) mass is 508 g/mol. The van der Waals surface area contributed by atoms with Gasteiger partial charge in [0.15, 0.2) is 0 Å². The molecule has 3 aromatic carbocycles. The molecule has 0 spiro atoms. The van der Waals surface area contributed by atoms with Gasteiger partial charge in [-0.1, -0.05) is 25.5 Å². The number of benzene rings is 3. The number of ether oxygens (including phenoxy) is 2. The molecule has 0 bridgehead atoms. The molecule has 0 fully saturated rings. The third-order valence-electron chi connectivity index (χ3n) is 6.74. The molecular formula is C31H32N4O3. The molecule has 1 atom stereocenters. The minimum Gasteiger partial charge on any atom is -0.456 e. The zero-order valence-corrected chi connectivity index (χ0v) is 21.6. The van der Waals surface area contributed by atoms with Crippen molar-refractivity contribution in [2.75, 3.05) is 26.2 Å². The van der Waals surface area contributed by atoms with E-state index in [-0.39, 0.29) is 6.29 Å². The van der Waals surface area contributed by atoms with E-state index in [0.717, 1.165) is 102 Å². The number of furan rings is 1. The van der Waals surface area contributed by atoms with E-state index in [1.165, 1.54) is 0 Å². The topological polar surface area (TPSA) is 80.4 Å². The Morgan fingerprint density at radius 1 is 0.763 bits per heavy atom. The van der Waals surface area contributed by atoms with Crippen LogP contribution >= 0.6 is 0 Å². The summed E-state index contributed by atoms with van der Waals surface area (Å²) in [6.07, 6.45) is 2.53. The molecule has 0 aliphatic carbocycles. The summed E-state index contributed by atoms with van der Waals surface area (Å²) < 4.78 is 18.7. The first-order chi connectivity index (χ1) is 18.7. The van der Waals surface area contributed by atoms with Crippen molar-refractivity contribution in [2.45, 2.75) is 32.5 Å². The molecule has 0 amide bonds. The predicted molar refractivity (Wildman–Crippen MR) is 151 cm³/mol. The zero-order chi connectivity index (χ0) is 25.7. The maximum atomic E-state index is 6.26. The van der Waals surface area contributed by atoms with Crippen LogP contribution in [0.4, 0.5) is 0 Å². The second-order valence-corrected chi connectivity index (χ2v) is 9.53. The largest absolute Gasteiger partial charge is 0.456 e. The lowest BCUT2D eigenvalue weighted by atomic mass is 10.1. The lowest BCUT2D eigenvalue weighted by Crippen LogP contribution is -2.24. The van der Waals surface area contributed by atoms with Gasteiger partial charge in [0.25, 0.3) is 0 Å². The fraction of sp³-hybridized carbons (Fsp3) is 0.290. The van der Waals surface area contributed by atoms with Gasteiger partial charge >= 0.3 is 0 Å². The molecule has 0 radical (unpaired) electrons. The number of fused-ring (bicyclic) bond motifs is 1. The molecule has 1 unspecified atom stereocenters. The van der Waals surface area contributed by atoms with Crippen molar-refractivity contribution in [3.8, 4) is 22.8 Å². The maximum absolute atomic E-state index is 6.26. The average molecular weight is 509 g/mol. The Labute approximate surface area is 222 Å². The number of aliphatic imine (C=N–C) groups is 2. The van der Waals surface area contributed by atoms with Crippen LogP contribution in [0.25, 0.3) is 22.3 Å². The van der Waals surface area contributed by atoms with Crippen LogP contribution in [0.1, 0.15) is 37.3 Å². The van der Waals surface area contributed by atoms with Crippen LogP contribution in [0.5, 0.6) is 11.5 Å². The molecular weight excluding hydrogens is 476 g/mol. The lowest BCUT2D eigenvalue weighted by molar-refractivity contribution is -0.00211. The number of hydrogen-bond donors (Lipinski definition) is 2. The molecule has 7 heteroatoms. The lowest BCUT2D eigenvalue weighted by Gasteiger charge is -2.21. The molecule has 7 nitrogen and oxygen atoms in total. The smallest absolute Gasteiger partial charge is 0.241 e. The zero-order valence-electron chi connectivity index (χ0n) is 21.6. The summed E-state index contributed by atoms with van der Waals surface area (Å²) in [6, 6.07) is 24.3. The number of unbranched alkanes of at least 4 members (excludes halogenated alkanes) is 1. The van der Waals surface area contributed by atoms with Crippen molar-refractivity contribution in [3.63, 3.8) is 0 Å². The van der Waals surface area contributed by atoms with Crippen LogP contribution in [-0.4, -0.2) is 44.1 Å². The highest BCUT2D eigenvalue weighted by Gasteiger charge is 2.15. The van der Waals surface area contributed by atoms with Crippen molar-refractivity contribution in [1.29, 1.82) is 0 Å². The van der Waals surface area contributed by atoms with Crippen molar-refractivity contribution in [2.24, 2.45) is 9.98 Å². The van der Waals surface area contributed by atoms with E-state index in [9.17, 15) is 0 Å². The van der Waals surface area contributed by atoms with E-state index >= 15 is 0 Å². The summed E-state index contributed by atoms with van der Waals surface area (Å²) in [4.78, 5) is 8.99. The van der Waals surface area contributed by atoms with E-state index in [0.29, 0.717) is 0 Å². The van der Waals surface area contributed by atoms with Crippen LogP contribution in [-0.2, 0) is 0 Å². The number of hydrogen-bond acceptors (Lipinski definition) is 7. The van der Waals surface area contributed by atoms with Gasteiger partial charge in [-0.3, -0.25) is 9.98 Å². The van der Waals surface area contributed by atoms with E-state index in [1.54, 1.807) is 0 Å². The summed E-state index contributed by atoms with van der Waals surface area (Å²) in [7, 11) is 0. The van der Waals surface area contributed by atoms with Gasteiger partial charge in [-0.25, -0.2) is 0 Å². The van der Waals surface area contributed by atoms with Crippen molar-refractivity contribution >= 4 is 22.6 Å². The SMILES string of the molecule is CCCCC(Oc1ccc(C2=NCCN2)cc1)Oc1ccc(-c2cc3ccc(C4=NCCN4)cc3o2)cc1. The minimum absolute atomic E-state index is 0.370. The molecule has 3 heterocycles. The Morgan fingerprint density at radius 2 is 1.37 bits per heavy atom. The van der Waals surface area contributed by atoms with E-state index in [2.05, 4.69) is 45.7 Å². The minimum atomic E-state index is -0.370. The van der Waals surface area contributed by atoms with E-state index < -0.39 is 0 Å². The van der Waals surface area contributed by atoms with Crippen LogP contribution in [0, 0.1) is 0 Å². The molecule has 0 saturated carbocycles. The van der Waals surface area contributed by atoms with Crippen LogP contribution < -0.4 is 20.1 Å². The molecule has 0 saturated heterocycles. The van der Waals surface area contributed by atoms with Crippen LogP contribution in [0.15, 0.2) is 87.2 Å². The van der Waals surface area contributed by atoms with Gasteiger partial charge in [0.1, 0.15) is 34.5 Å². The Kier molecular flexibility index (Phi) is 6.98. The highest BCUT2D eigenvalue weighted by molar-refractivity contribution is 6.02. The first kappa shape index (κ1) is 24.1. The number of nitrogens with one attached hydrogen (secondary N) is 2. The summed E-state index contributed by atoms with van der Waals surface area (Å²) in [5, 5.41) is 7.69. The maximum Gasteiger partial charge on any atom is 0.241 e. The summed E-state index contributed by atoms with van der Waals surface area (Å²) >= 11 is 0. The van der Waals surface area contributed by atoms with Gasteiger partial charge < -0.3 is 24.5 Å². The molecule has 194 valence electrons. The molecule has 6 rings (SSSR count). The van der Waals surface area contributed by atoms with Gasteiger partial charge in [0.2, 0.25) is 6.29 Å². The third-order valence-corrected chi connectivity index (χ3v) is 6.74. The second-order valence-electron chi connectivity index (χ2n) is 9.53. The first-order valence-electron chi connectivity index (χ1n) is 13.4. The summed E-state index contributed by atoms with van der Waals surface area (Å²) in [5.41, 5.74) is 3.97. The van der Waals surface area contributed by atoms with Gasteiger partial charge in [-0.2, -0.15) is 0 Å².